The Hall–Kier alpha value is -1.79. The molecule has 1 saturated carbocycles. The van der Waals surface area contributed by atoms with Gasteiger partial charge in [-0.15, -0.1) is 0 Å². The molecule has 0 unspecified atom stereocenters. The van der Waals surface area contributed by atoms with Crippen LogP contribution in [0.3, 0.4) is 0 Å². The summed E-state index contributed by atoms with van der Waals surface area (Å²) in [7, 11) is 0. The predicted octanol–water partition coefficient (Wildman–Crippen LogP) is 0.906. The van der Waals surface area contributed by atoms with Crippen molar-refractivity contribution in [1.29, 1.82) is 0 Å². The number of rotatable bonds is 4. The highest BCUT2D eigenvalue weighted by Gasteiger charge is 2.19. The molecule has 1 aromatic rings. The van der Waals surface area contributed by atoms with E-state index in [1.165, 1.54) is 12.8 Å². The van der Waals surface area contributed by atoms with Gasteiger partial charge in [-0.05, 0) is 25.0 Å². The summed E-state index contributed by atoms with van der Waals surface area (Å²) in [6, 6.07) is 10.2. The Morgan fingerprint density at radius 3 is 2.71 bits per heavy atom. The number of hydrogen-bond donors (Lipinski definition) is 2. The molecule has 0 saturated heterocycles. The third-order valence-corrected chi connectivity index (χ3v) is 2.52. The van der Waals surface area contributed by atoms with Gasteiger partial charge in [0.25, 0.3) is 5.91 Å². The van der Waals surface area contributed by atoms with Gasteiger partial charge in [0.2, 0.25) is 0 Å². The monoisotopic (exact) mass is 228 g/mol. The molecule has 88 valence electrons. The predicted molar refractivity (Wildman–Crippen MR) is 67.4 cm³/mol. The first kappa shape index (κ1) is 11.7. The summed E-state index contributed by atoms with van der Waals surface area (Å²) in [5.41, 5.74) is 0.860. The lowest BCUT2D eigenvalue weighted by atomic mass is 10.2. The molecule has 2 N–H and O–H groups in total. The molecule has 0 spiro atoms. The molecule has 0 radical (unpaired) electrons. The molecule has 1 amide bonds. The first-order chi connectivity index (χ1) is 8.34. The Kier molecular flexibility index (Phi) is 4.17. The third-order valence-electron chi connectivity index (χ3n) is 2.52. The van der Waals surface area contributed by atoms with E-state index in [-0.39, 0.29) is 5.91 Å². The second-order valence-corrected chi connectivity index (χ2v) is 4.10. The van der Waals surface area contributed by atoms with Gasteiger partial charge < -0.3 is 10.6 Å². The van der Waals surface area contributed by atoms with Crippen LogP contribution in [0.15, 0.2) is 30.3 Å². The van der Waals surface area contributed by atoms with Gasteiger partial charge in [-0.25, -0.2) is 0 Å². The van der Waals surface area contributed by atoms with Crippen molar-refractivity contribution in [1.82, 2.24) is 10.6 Å². The third kappa shape index (κ3) is 4.71. The van der Waals surface area contributed by atoms with Crippen LogP contribution in [0.4, 0.5) is 0 Å². The Balaban J connectivity index is 1.67. The quantitative estimate of drug-likeness (QED) is 0.594. The zero-order valence-electron chi connectivity index (χ0n) is 9.70. The van der Waals surface area contributed by atoms with Crippen LogP contribution in [0.2, 0.25) is 0 Å². The molecule has 3 heteroatoms. The van der Waals surface area contributed by atoms with Crippen molar-refractivity contribution in [3.8, 4) is 11.8 Å². The minimum absolute atomic E-state index is 0.216. The number of hydrogen-bond acceptors (Lipinski definition) is 2. The van der Waals surface area contributed by atoms with Crippen molar-refractivity contribution >= 4 is 5.91 Å². The summed E-state index contributed by atoms with van der Waals surface area (Å²) in [4.78, 5) is 11.4. The second kappa shape index (κ2) is 6.07. The molecule has 0 aliphatic heterocycles. The van der Waals surface area contributed by atoms with E-state index in [0.717, 1.165) is 12.1 Å². The van der Waals surface area contributed by atoms with Gasteiger partial charge in [0.15, 0.2) is 0 Å². The van der Waals surface area contributed by atoms with Gasteiger partial charge in [-0.2, -0.15) is 0 Å². The maximum Gasteiger partial charge on any atom is 0.296 e. The summed E-state index contributed by atoms with van der Waals surface area (Å²) in [5, 5.41) is 6.08. The maximum absolute atomic E-state index is 11.4. The molecule has 3 nitrogen and oxygen atoms in total. The lowest BCUT2D eigenvalue weighted by molar-refractivity contribution is -0.115. The summed E-state index contributed by atoms with van der Waals surface area (Å²) in [5.74, 6) is 5.18. The van der Waals surface area contributed by atoms with Gasteiger partial charge in [0.1, 0.15) is 0 Å². The molecule has 1 fully saturated rings. The number of amides is 1. The summed E-state index contributed by atoms with van der Waals surface area (Å²) in [6.45, 7) is 1.46. The van der Waals surface area contributed by atoms with E-state index in [9.17, 15) is 4.79 Å². The lowest BCUT2D eigenvalue weighted by Gasteiger charge is -2.01. The fraction of sp³-hybridized carbons (Fsp3) is 0.357. The fourth-order valence-electron chi connectivity index (χ4n) is 1.43. The standard InChI is InChI=1S/C14H16N2O/c17-14(16-11-10-15-13-7-8-13)9-6-12-4-2-1-3-5-12/h1-5,13,15H,7-8,10-11H2,(H,16,17). The van der Waals surface area contributed by atoms with Crippen LogP contribution < -0.4 is 10.6 Å². The second-order valence-electron chi connectivity index (χ2n) is 4.10. The first-order valence-corrected chi connectivity index (χ1v) is 5.93. The molecule has 2 rings (SSSR count). The molecule has 17 heavy (non-hydrogen) atoms. The van der Waals surface area contributed by atoms with Gasteiger partial charge in [-0.3, -0.25) is 4.79 Å². The van der Waals surface area contributed by atoms with Gasteiger partial charge >= 0.3 is 0 Å². The average Bonchev–Trinajstić information content (AvgIpc) is 3.17. The minimum Gasteiger partial charge on any atom is -0.344 e. The van der Waals surface area contributed by atoms with E-state index in [4.69, 9.17) is 0 Å². The zero-order chi connectivity index (χ0) is 11.9. The molecule has 0 bridgehead atoms. The summed E-state index contributed by atoms with van der Waals surface area (Å²) < 4.78 is 0. The molecule has 0 atom stereocenters. The normalized spacial score (nSPS) is 13.6. The lowest BCUT2D eigenvalue weighted by Crippen LogP contribution is -2.31. The van der Waals surface area contributed by atoms with Crippen LogP contribution >= 0.6 is 0 Å². The van der Waals surface area contributed by atoms with Gasteiger partial charge in [-0.1, -0.05) is 24.1 Å². The van der Waals surface area contributed by atoms with Crippen LogP contribution in [0.25, 0.3) is 0 Å². The zero-order valence-corrected chi connectivity index (χ0v) is 9.70. The van der Waals surface area contributed by atoms with E-state index < -0.39 is 0 Å². The fourth-order valence-corrected chi connectivity index (χ4v) is 1.43. The van der Waals surface area contributed by atoms with Crippen LogP contribution in [0.5, 0.6) is 0 Å². The molecular formula is C14H16N2O. The topological polar surface area (TPSA) is 41.1 Å². The van der Waals surface area contributed by atoms with Crippen molar-refractivity contribution in [2.24, 2.45) is 0 Å². The van der Waals surface area contributed by atoms with Crippen molar-refractivity contribution in [3.63, 3.8) is 0 Å². The molecule has 1 aliphatic carbocycles. The summed E-state index contributed by atoms with van der Waals surface area (Å²) >= 11 is 0. The van der Waals surface area contributed by atoms with Gasteiger partial charge in [0.05, 0.1) is 0 Å². The Labute approximate surface area is 102 Å². The highest BCUT2D eigenvalue weighted by atomic mass is 16.1. The van der Waals surface area contributed by atoms with Crippen molar-refractivity contribution in [3.05, 3.63) is 35.9 Å². The number of carbonyl (C=O) groups is 1. The molecule has 0 aromatic heterocycles. The smallest absolute Gasteiger partial charge is 0.296 e. The Morgan fingerprint density at radius 2 is 2.00 bits per heavy atom. The molecule has 1 aromatic carbocycles. The van der Waals surface area contributed by atoms with Gasteiger partial charge in [0, 0.05) is 30.6 Å². The average molecular weight is 228 g/mol. The van der Waals surface area contributed by atoms with E-state index in [0.29, 0.717) is 12.6 Å². The SMILES string of the molecule is O=C(C#Cc1ccccc1)NCCNC1CC1. The van der Waals surface area contributed by atoms with Crippen LogP contribution in [0.1, 0.15) is 18.4 Å². The van der Waals surface area contributed by atoms with E-state index >= 15 is 0 Å². The Morgan fingerprint density at radius 1 is 1.24 bits per heavy atom. The molecule has 1 aliphatic rings. The number of nitrogens with one attached hydrogen (secondary N) is 2. The van der Waals surface area contributed by atoms with Crippen molar-refractivity contribution in [2.75, 3.05) is 13.1 Å². The van der Waals surface area contributed by atoms with E-state index in [1.54, 1.807) is 0 Å². The number of carbonyl (C=O) groups excluding carboxylic acids is 1. The maximum atomic E-state index is 11.4. The molecular weight excluding hydrogens is 212 g/mol. The van der Waals surface area contributed by atoms with Crippen LogP contribution in [-0.4, -0.2) is 25.0 Å². The highest BCUT2D eigenvalue weighted by Crippen LogP contribution is 2.17. The highest BCUT2D eigenvalue weighted by molar-refractivity contribution is 5.94. The first-order valence-electron chi connectivity index (χ1n) is 5.93. The Bertz CT molecular complexity index is 427. The minimum atomic E-state index is -0.216. The summed E-state index contributed by atoms with van der Waals surface area (Å²) in [6.07, 6.45) is 2.53. The van der Waals surface area contributed by atoms with Crippen LogP contribution in [-0.2, 0) is 4.79 Å². The molecule has 0 heterocycles. The van der Waals surface area contributed by atoms with Crippen molar-refractivity contribution < 1.29 is 4.79 Å². The van der Waals surface area contributed by atoms with Crippen molar-refractivity contribution in [2.45, 2.75) is 18.9 Å². The van der Waals surface area contributed by atoms with Crippen LogP contribution in [0, 0.1) is 11.8 Å². The van der Waals surface area contributed by atoms with E-state index in [1.807, 2.05) is 30.3 Å². The largest absolute Gasteiger partial charge is 0.344 e. The number of benzene rings is 1. The van der Waals surface area contributed by atoms with E-state index in [2.05, 4.69) is 22.5 Å².